The Morgan fingerprint density at radius 1 is 1.20 bits per heavy atom. The summed E-state index contributed by atoms with van der Waals surface area (Å²) in [5, 5.41) is 2.82. The number of nitrogens with one attached hydrogen (secondary N) is 1. The van der Waals surface area contributed by atoms with Crippen molar-refractivity contribution >= 4 is 35.1 Å². The Labute approximate surface area is 153 Å². The van der Waals surface area contributed by atoms with Gasteiger partial charge in [-0.25, -0.2) is 4.98 Å². The van der Waals surface area contributed by atoms with Gasteiger partial charge in [0.05, 0.1) is 6.04 Å². The summed E-state index contributed by atoms with van der Waals surface area (Å²) in [7, 11) is 0. The number of hydrogen-bond acceptors (Lipinski definition) is 4. The Balaban J connectivity index is 0.00000225. The van der Waals surface area contributed by atoms with Crippen molar-refractivity contribution in [2.24, 2.45) is 11.7 Å². The molecule has 0 unspecified atom stereocenters. The van der Waals surface area contributed by atoms with Crippen LogP contribution in [0.1, 0.15) is 25.3 Å². The third-order valence-corrected chi connectivity index (χ3v) is 3.92. The minimum atomic E-state index is -0.538. The van der Waals surface area contributed by atoms with Crippen LogP contribution in [0.5, 0.6) is 0 Å². The third kappa shape index (κ3) is 4.59. The van der Waals surface area contributed by atoms with E-state index in [1.165, 1.54) is 0 Å². The minimum Gasteiger partial charge on any atom is -0.440 e. The average Bonchev–Trinajstić information content (AvgIpc) is 2.96. The maximum absolute atomic E-state index is 12.1. The number of benzene rings is 2. The number of aromatic nitrogens is 1. The van der Waals surface area contributed by atoms with Crippen LogP contribution in [0, 0.1) is 5.92 Å². The molecule has 3 aromatic rings. The highest BCUT2D eigenvalue weighted by Gasteiger charge is 2.17. The first-order chi connectivity index (χ1) is 11.5. The highest BCUT2D eigenvalue weighted by Crippen LogP contribution is 2.22. The Kier molecular flexibility index (Phi) is 6.17. The maximum atomic E-state index is 12.1. The SMILES string of the molecule is CC(C)[C@H](N)C(=O)Nc1ccc2nc(Cc3ccccc3)oc2c1.Cl. The molecule has 0 radical (unpaired) electrons. The number of halogens is 1. The lowest BCUT2D eigenvalue weighted by Crippen LogP contribution is -2.39. The van der Waals surface area contributed by atoms with Crippen LogP contribution in [0.3, 0.4) is 0 Å². The van der Waals surface area contributed by atoms with Crippen LogP contribution in [0.25, 0.3) is 11.1 Å². The second kappa shape index (κ2) is 8.14. The lowest BCUT2D eigenvalue weighted by atomic mass is 10.0. The number of nitrogens with zero attached hydrogens (tertiary/aromatic N) is 1. The molecular formula is C19H22ClN3O2. The van der Waals surface area contributed by atoms with Gasteiger partial charge in [0.2, 0.25) is 5.91 Å². The molecule has 0 fully saturated rings. The molecule has 2 aromatic carbocycles. The van der Waals surface area contributed by atoms with Crippen molar-refractivity contribution in [1.29, 1.82) is 0 Å². The summed E-state index contributed by atoms with van der Waals surface area (Å²) >= 11 is 0. The molecule has 1 heterocycles. The number of hydrogen-bond donors (Lipinski definition) is 2. The monoisotopic (exact) mass is 359 g/mol. The van der Waals surface area contributed by atoms with Crippen molar-refractivity contribution in [1.82, 2.24) is 4.98 Å². The second-order valence-corrected chi connectivity index (χ2v) is 6.21. The first-order valence-corrected chi connectivity index (χ1v) is 8.03. The van der Waals surface area contributed by atoms with E-state index in [-0.39, 0.29) is 24.2 Å². The quantitative estimate of drug-likeness (QED) is 0.726. The lowest BCUT2D eigenvalue weighted by Gasteiger charge is -2.15. The van der Waals surface area contributed by atoms with E-state index in [0.29, 0.717) is 23.6 Å². The van der Waals surface area contributed by atoms with Gasteiger partial charge in [-0.3, -0.25) is 4.79 Å². The van der Waals surface area contributed by atoms with Crippen LogP contribution in [0.2, 0.25) is 0 Å². The number of fused-ring (bicyclic) bond motifs is 1. The fourth-order valence-electron chi connectivity index (χ4n) is 2.42. The number of rotatable bonds is 5. The van der Waals surface area contributed by atoms with Crippen LogP contribution in [-0.4, -0.2) is 16.9 Å². The van der Waals surface area contributed by atoms with E-state index < -0.39 is 6.04 Å². The zero-order chi connectivity index (χ0) is 17.1. The summed E-state index contributed by atoms with van der Waals surface area (Å²) in [4.78, 5) is 16.5. The highest BCUT2D eigenvalue weighted by molar-refractivity contribution is 5.96. The van der Waals surface area contributed by atoms with E-state index in [9.17, 15) is 4.79 Å². The molecule has 0 saturated carbocycles. The van der Waals surface area contributed by atoms with E-state index in [0.717, 1.165) is 11.1 Å². The molecule has 3 rings (SSSR count). The summed E-state index contributed by atoms with van der Waals surface area (Å²) in [5.41, 5.74) is 9.08. The van der Waals surface area contributed by atoms with Gasteiger partial charge in [-0.2, -0.15) is 0 Å². The number of amides is 1. The van der Waals surface area contributed by atoms with E-state index in [1.54, 1.807) is 6.07 Å². The molecule has 0 saturated heterocycles. The van der Waals surface area contributed by atoms with Crippen molar-refractivity contribution in [3.63, 3.8) is 0 Å². The Morgan fingerprint density at radius 2 is 1.92 bits per heavy atom. The summed E-state index contributed by atoms with van der Waals surface area (Å²) in [6.45, 7) is 3.83. The van der Waals surface area contributed by atoms with Crippen LogP contribution in [-0.2, 0) is 11.2 Å². The maximum Gasteiger partial charge on any atom is 0.241 e. The fourth-order valence-corrected chi connectivity index (χ4v) is 2.42. The van der Waals surface area contributed by atoms with Crippen LogP contribution < -0.4 is 11.1 Å². The molecule has 0 spiro atoms. The van der Waals surface area contributed by atoms with Crippen LogP contribution in [0.4, 0.5) is 5.69 Å². The number of carbonyl (C=O) groups is 1. The Morgan fingerprint density at radius 3 is 2.60 bits per heavy atom. The molecule has 3 N–H and O–H groups in total. The second-order valence-electron chi connectivity index (χ2n) is 6.21. The lowest BCUT2D eigenvalue weighted by molar-refractivity contribution is -0.118. The van der Waals surface area contributed by atoms with Crippen molar-refractivity contribution in [2.45, 2.75) is 26.3 Å². The largest absolute Gasteiger partial charge is 0.440 e. The van der Waals surface area contributed by atoms with E-state index >= 15 is 0 Å². The number of nitrogens with two attached hydrogens (primary N) is 1. The van der Waals surface area contributed by atoms with Gasteiger partial charge >= 0.3 is 0 Å². The third-order valence-electron chi connectivity index (χ3n) is 3.92. The standard InChI is InChI=1S/C19H21N3O2.ClH/c1-12(2)18(20)19(23)21-14-8-9-15-16(11-14)24-17(22-15)10-13-6-4-3-5-7-13;/h3-9,11-12,18H,10,20H2,1-2H3,(H,21,23);1H/t18-;/m0./s1. The molecule has 25 heavy (non-hydrogen) atoms. The van der Waals surface area contributed by atoms with Crippen LogP contribution in [0.15, 0.2) is 52.9 Å². The minimum absolute atomic E-state index is 0. The van der Waals surface area contributed by atoms with Gasteiger partial charge in [-0.1, -0.05) is 44.2 Å². The van der Waals surface area contributed by atoms with Gasteiger partial charge in [0.25, 0.3) is 0 Å². The van der Waals surface area contributed by atoms with E-state index in [2.05, 4.69) is 10.3 Å². The Bertz CT molecular complexity index is 846. The van der Waals surface area contributed by atoms with Gasteiger partial charge in [-0.05, 0) is 23.6 Å². The molecule has 1 atom stereocenters. The summed E-state index contributed by atoms with van der Waals surface area (Å²) in [6.07, 6.45) is 0.634. The number of oxazole rings is 1. The number of carbonyl (C=O) groups excluding carboxylic acids is 1. The normalized spacial score (nSPS) is 12.0. The van der Waals surface area contributed by atoms with Gasteiger partial charge in [0, 0.05) is 18.2 Å². The zero-order valence-electron chi connectivity index (χ0n) is 14.2. The average molecular weight is 360 g/mol. The van der Waals surface area contributed by atoms with Crippen LogP contribution >= 0.6 is 12.4 Å². The molecule has 0 aliphatic carbocycles. The first-order valence-electron chi connectivity index (χ1n) is 8.03. The molecule has 132 valence electrons. The molecule has 0 aliphatic heterocycles. The van der Waals surface area contributed by atoms with Crippen molar-refractivity contribution < 1.29 is 9.21 Å². The Hall–Kier alpha value is -2.37. The molecule has 0 bridgehead atoms. The summed E-state index contributed by atoms with van der Waals surface area (Å²) < 4.78 is 5.81. The summed E-state index contributed by atoms with van der Waals surface area (Å²) in [6, 6.07) is 14.9. The van der Waals surface area contributed by atoms with Gasteiger partial charge in [0.15, 0.2) is 11.5 Å². The predicted octanol–water partition coefficient (Wildman–Crippen LogP) is 3.76. The zero-order valence-corrected chi connectivity index (χ0v) is 15.0. The van der Waals surface area contributed by atoms with Crippen molar-refractivity contribution in [3.05, 3.63) is 60.0 Å². The van der Waals surface area contributed by atoms with Gasteiger partial charge in [0.1, 0.15) is 5.52 Å². The summed E-state index contributed by atoms with van der Waals surface area (Å²) in [5.74, 6) is 0.531. The topological polar surface area (TPSA) is 81.2 Å². The molecular weight excluding hydrogens is 338 g/mol. The van der Waals surface area contributed by atoms with E-state index in [4.69, 9.17) is 10.2 Å². The predicted molar refractivity (Wildman–Crippen MR) is 102 cm³/mol. The van der Waals surface area contributed by atoms with Crippen molar-refractivity contribution in [3.8, 4) is 0 Å². The van der Waals surface area contributed by atoms with Gasteiger partial charge < -0.3 is 15.5 Å². The molecule has 6 heteroatoms. The molecule has 0 aliphatic rings. The highest BCUT2D eigenvalue weighted by atomic mass is 35.5. The van der Waals surface area contributed by atoms with E-state index in [1.807, 2.05) is 56.3 Å². The molecule has 1 amide bonds. The van der Waals surface area contributed by atoms with Gasteiger partial charge in [-0.15, -0.1) is 12.4 Å². The first kappa shape index (κ1) is 19.0. The fraction of sp³-hybridized carbons (Fsp3) is 0.263. The number of anilines is 1. The molecule has 5 nitrogen and oxygen atoms in total. The molecule has 1 aromatic heterocycles. The van der Waals surface area contributed by atoms with Crippen molar-refractivity contribution in [2.75, 3.05) is 5.32 Å². The smallest absolute Gasteiger partial charge is 0.241 e.